The zero-order valence-corrected chi connectivity index (χ0v) is 16.2. The number of ether oxygens (including phenoxy) is 1. The van der Waals surface area contributed by atoms with Gasteiger partial charge in [0.05, 0.1) is 18.6 Å². The molecule has 1 amide bonds. The first-order valence-electron chi connectivity index (χ1n) is 11.0. The summed E-state index contributed by atoms with van der Waals surface area (Å²) in [6.07, 6.45) is 8.67. The largest absolute Gasteiger partial charge is 0.378 e. The van der Waals surface area contributed by atoms with Crippen LogP contribution in [-0.2, 0) is 16.0 Å². The molecule has 0 unspecified atom stereocenters. The summed E-state index contributed by atoms with van der Waals surface area (Å²) in [6.45, 7) is 4.37. The van der Waals surface area contributed by atoms with Gasteiger partial charge in [-0.25, -0.2) is 0 Å². The van der Waals surface area contributed by atoms with Gasteiger partial charge in [-0.3, -0.25) is 4.79 Å². The van der Waals surface area contributed by atoms with E-state index in [9.17, 15) is 4.79 Å². The van der Waals surface area contributed by atoms with Gasteiger partial charge in [0, 0.05) is 31.0 Å². The number of carbonyl (C=O) groups excluding carboxylic acids is 1. The lowest BCUT2D eigenvalue weighted by molar-refractivity contribution is -0.143. The van der Waals surface area contributed by atoms with Crippen molar-refractivity contribution in [2.45, 2.75) is 44.9 Å². The summed E-state index contributed by atoms with van der Waals surface area (Å²) in [5.74, 6) is 2.92. The van der Waals surface area contributed by atoms with Crippen LogP contribution in [0.3, 0.4) is 0 Å². The lowest BCUT2D eigenvalue weighted by Gasteiger charge is -2.56. The van der Waals surface area contributed by atoms with Crippen LogP contribution in [0.25, 0.3) is 0 Å². The van der Waals surface area contributed by atoms with Crippen LogP contribution in [0.15, 0.2) is 18.2 Å². The average Bonchev–Trinajstić information content (AvgIpc) is 3.10. The molecule has 7 rings (SSSR count). The van der Waals surface area contributed by atoms with Crippen LogP contribution in [0.4, 0.5) is 11.4 Å². The van der Waals surface area contributed by atoms with Crippen LogP contribution in [0, 0.1) is 23.2 Å². The van der Waals surface area contributed by atoms with E-state index < -0.39 is 0 Å². The van der Waals surface area contributed by atoms with E-state index in [1.54, 1.807) is 0 Å². The highest BCUT2D eigenvalue weighted by molar-refractivity contribution is 6.00. The molecule has 2 aliphatic heterocycles. The van der Waals surface area contributed by atoms with Crippen molar-refractivity contribution in [3.05, 3.63) is 23.8 Å². The Labute approximate surface area is 161 Å². The van der Waals surface area contributed by atoms with Crippen LogP contribution in [0.5, 0.6) is 0 Å². The van der Waals surface area contributed by atoms with Crippen LogP contribution < -0.4 is 9.80 Å². The highest BCUT2D eigenvalue weighted by atomic mass is 16.5. The molecule has 0 aromatic heterocycles. The molecule has 4 heteroatoms. The van der Waals surface area contributed by atoms with Gasteiger partial charge < -0.3 is 14.5 Å². The third-order valence-electron chi connectivity index (χ3n) is 8.08. The summed E-state index contributed by atoms with van der Waals surface area (Å²) in [4.78, 5) is 18.4. The second-order valence-corrected chi connectivity index (χ2v) is 9.82. The van der Waals surface area contributed by atoms with E-state index in [1.165, 1.54) is 36.2 Å². The van der Waals surface area contributed by atoms with Crippen molar-refractivity contribution in [1.29, 1.82) is 0 Å². The molecule has 0 atom stereocenters. The van der Waals surface area contributed by atoms with Gasteiger partial charge in [0.25, 0.3) is 0 Å². The Bertz CT molecular complexity index is 732. The summed E-state index contributed by atoms with van der Waals surface area (Å²) >= 11 is 0. The smallest absolute Gasteiger partial charge is 0.233 e. The van der Waals surface area contributed by atoms with Gasteiger partial charge in [-0.2, -0.15) is 0 Å². The molecular weight excluding hydrogens is 336 g/mol. The van der Waals surface area contributed by atoms with E-state index in [1.807, 2.05) is 0 Å². The Morgan fingerprint density at radius 3 is 2.30 bits per heavy atom. The maximum atomic E-state index is 13.8. The van der Waals surface area contributed by atoms with Gasteiger partial charge in [-0.1, -0.05) is 6.07 Å². The summed E-state index contributed by atoms with van der Waals surface area (Å²) < 4.78 is 5.50. The number of morpholine rings is 1. The first-order chi connectivity index (χ1) is 13.2. The fourth-order valence-electron chi connectivity index (χ4n) is 7.26. The number of amides is 1. The maximum Gasteiger partial charge on any atom is 0.233 e. The van der Waals surface area contributed by atoms with E-state index in [0.29, 0.717) is 5.91 Å². The zero-order chi connectivity index (χ0) is 18.0. The van der Waals surface area contributed by atoms with E-state index in [0.717, 1.165) is 76.3 Å². The lowest BCUT2D eigenvalue weighted by atomic mass is 9.49. The van der Waals surface area contributed by atoms with E-state index in [4.69, 9.17) is 4.74 Å². The maximum absolute atomic E-state index is 13.8. The monoisotopic (exact) mass is 366 g/mol. The number of anilines is 2. The summed E-state index contributed by atoms with van der Waals surface area (Å²) in [5.41, 5.74) is 3.76. The number of carbonyl (C=O) groups is 1. The minimum absolute atomic E-state index is 0.0364. The Balaban J connectivity index is 1.30. The van der Waals surface area contributed by atoms with Crippen LogP contribution in [-0.4, -0.2) is 38.8 Å². The van der Waals surface area contributed by atoms with Crippen molar-refractivity contribution in [3.8, 4) is 0 Å². The molecule has 6 aliphatic rings. The van der Waals surface area contributed by atoms with Crippen molar-refractivity contribution in [2.24, 2.45) is 23.2 Å². The number of nitrogens with zero attached hydrogens (tertiary/aromatic N) is 2. The molecule has 5 fully saturated rings. The third kappa shape index (κ3) is 2.55. The second-order valence-electron chi connectivity index (χ2n) is 9.82. The number of rotatable bonds is 2. The number of hydrogen-bond donors (Lipinski definition) is 0. The van der Waals surface area contributed by atoms with Crippen molar-refractivity contribution >= 4 is 17.3 Å². The van der Waals surface area contributed by atoms with Crippen molar-refractivity contribution in [3.63, 3.8) is 0 Å². The molecule has 27 heavy (non-hydrogen) atoms. The molecule has 1 aromatic rings. The zero-order valence-electron chi connectivity index (χ0n) is 16.2. The predicted molar refractivity (Wildman–Crippen MR) is 106 cm³/mol. The van der Waals surface area contributed by atoms with Gasteiger partial charge in [0.2, 0.25) is 5.91 Å². The fourth-order valence-corrected chi connectivity index (χ4v) is 7.26. The standard InChI is InChI=1S/C23H30N2O2/c26-22(23-13-16-9-17(14-23)11-18(10-16)15-23)25-4-3-19-1-2-20(12-21(19)25)24-5-7-27-8-6-24/h1-2,12,16-18H,3-11,13-15H2. The predicted octanol–water partition coefficient (Wildman–Crippen LogP) is 3.63. The minimum atomic E-state index is -0.0364. The van der Waals surface area contributed by atoms with Crippen LogP contribution >= 0.6 is 0 Å². The second kappa shape index (κ2) is 5.97. The molecule has 4 nitrogen and oxygen atoms in total. The van der Waals surface area contributed by atoms with Gasteiger partial charge in [-0.15, -0.1) is 0 Å². The van der Waals surface area contributed by atoms with Crippen molar-refractivity contribution < 1.29 is 9.53 Å². The summed E-state index contributed by atoms with van der Waals surface area (Å²) in [7, 11) is 0. The Morgan fingerprint density at radius 2 is 1.63 bits per heavy atom. The molecule has 4 aliphatic carbocycles. The highest BCUT2D eigenvalue weighted by Gasteiger charge is 2.56. The van der Waals surface area contributed by atoms with E-state index >= 15 is 0 Å². The van der Waals surface area contributed by atoms with E-state index in [2.05, 4.69) is 28.0 Å². The molecule has 144 valence electrons. The first kappa shape index (κ1) is 16.4. The highest BCUT2D eigenvalue weighted by Crippen LogP contribution is 2.61. The first-order valence-corrected chi connectivity index (χ1v) is 11.0. The summed E-state index contributed by atoms with van der Waals surface area (Å²) in [6, 6.07) is 6.78. The van der Waals surface area contributed by atoms with Crippen molar-refractivity contribution in [2.75, 3.05) is 42.6 Å². The number of benzene rings is 1. The Kier molecular flexibility index (Phi) is 3.63. The molecule has 2 heterocycles. The number of fused-ring (bicyclic) bond motifs is 1. The topological polar surface area (TPSA) is 32.8 Å². The molecule has 0 radical (unpaired) electrons. The van der Waals surface area contributed by atoms with Gasteiger partial charge in [0.15, 0.2) is 0 Å². The van der Waals surface area contributed by atoms with Gasteiger partial charge in [-0.05, 0) is 80.4 Å². The van der Waals surface area contributed by atoms with Gasteiger partial charge >= 0.3 is 0 Å². The molecule has 1 aromatic carbocycles. The lowest BCUT2D eigenvalue weighted by Crippen LogP contribution is -2.54. The molecule has 0 N–H and O–H groups in total. The molecule has 0 spiro atoms. The van der Waals surface area contributed by atoms with Gasteiger partial charge in [0.1, 0.15) is 0 Å². The minimum Gasteiger partial charge on any atom is -0.378 e. The van der Waals surface area contributed by atoms with Crippen molar-refractivity contribution in [1.82, 2.24) is 0 Å². The summed E-state index contributed by atoms with van der Waals surface area (Å²) in [5, 5.41) is 0. The SMILES string of the molecule is O=C(N1CCc2ccc(N3CCOCC3)cc21)C12CC3CC(CC(C3)C1)C2. The molecular formula is C23H30N2O2. The normalized spacial score (nSPS) is 37.0. The van der Waals surface area contributed by atoms with Crippen LogP contribution in [0.2, 0.25) is 0 Å². The fraction of sp³-hybridized carbons (Fsp3) is 0.696. The third-order valence-corrected chi connectivity index (χ3v) is 8.08. The number of hydrogen-bond acceptors (Lipinski definition) is 3. The van der Waals surface area contributed by atoms with E-state index in [-0.39, 0.29) is 5.41 Å². The quantitative estimate of drug-likeness (QED) is 0.801. The molecule has 1 saturated heterocycles. The molecule has 4 bridgehead atoms. The Hall–Kier alpha value is -1.55. The average molecular weight is 367 g/mol. The Morgan fingerprint density at radius 1 is 0.963 bits per heavy atom. The molecule has 4 saturated carbocycles. The van der Waals surface area contributed by atoms with Crippen LogP contribution in [0.1, 0.15) is 44.1 Å².